The first kappa shape index (κ1) is 22.2. The van der Waals surface area contributed by atoms with Gasteiger partial charge in [0.2, 0.25) is 5.91 Å². The van der Waals surface area contributed by atoms with E-state index in [1.807, 2.05) is 0 Å². The molecular formula is C25H27N3O6. The van der Waals surface area contributed by atoms with Crippen molar-refractivity contribution < 1.29 is 28.6 Å². The largest absolute Gasteiger partial charge is 0.493 e. The van der Waals surface area contributed by atoms with E-state index in [4.69, 9.17) is 14.2 Å². The number of methoxy groups -OCH3 is 2. The van der Waals surface area contributed by atoms with Gasteiger partial charge in [-0.1, -0.05) is 18.2 Å². The summed E-state index contributed by atoms with van der Waals surface area (Å²) in [6, 6.07) is 10.5. The molecule has 178 valence electrons. The zero-order valence-electron chi connectivity index (χ0n) is 19.2. The number of nitrogens with zero attached hydrogens (tertiary/aromatic N) is 2. The summed E-state index contributed by atoms with van der Waals surface area (Å²) < 4.78 is 16.5. The second-order valence-corrected chi connectivity index (χ2v) is 8.52. The Morgan fingerprint density at radius 2 is 1.94 bits per heavy atom. The Hall–Kier alpha value is -3.59. The van der Waals surface area contributed by atoms with E-state index in [0.717, 1.165) is 19.4 Å². The number of benzene rings is 2. The van der Waals surface area contributed by atoms with Gasteiger partial charge in [0.15, 0.2) is 11.5 Å². The van der Waals surface area contributed by atoms with Crippen LogP contribution in [0.3, 0.4) is 0 Å². The van der Waals surface area contributed by atoms with Crippen LogP contribution in [-0.4, -0.2) is 62.6 Å². The van der Waals surface area contributed by atoms with Gasteiger partial charge in [0.05, 0.1) is 37.1 Å². The lowest BCUT2D eigenvalue weighted by molar-refractivity contribution is -0.121. The molecule has 2 unspecified atom stereocenters. The summed E-state index contributed by atoms with van der Waals surface area (Å²) in [6.45, 7) is 1.34. The molecule has 3 aliphatic rings. The van der Waals surface area contributed by atoms with Crippen molar-refractivity contribution in [3.63, 3.8) is 0 Å². The van der Waals surface area contributed by atoms with E-state index in [-0.39, 0.29) is 36.8 Å². The van der Waals surface area contributed by atoms with E-state index in [9.17, 15) is 14.4 Å². The van der Waals surface area contributed by atoms with Crippen LogP contribution in [0.4, 0.5) is 5.69 Å². The van der Waals surface area contributed by atoms with Crippen LogP contribution in [-0.2, 0) is 9.53 Å². The highest BCUT2D eigenvalue weighted by molar-refractivity contribution is 6.18. The lowest BCUT2D eigenvalue weighted by atomic mass is 10.0. The van der Waals surface area contributed by atoms with Crippen molar-refractivity contribution >= 4 is 23.4 Å². The molecule has 0 spiro atoms. The van der Waals surface area contributed by atoms with Gasteiger partial charge in [-0.25, -0.2) is 0 Å². The number of hydrogen-bond acceptors (Lipinski definition) is 6. The maximum Gasteiger partial charge on any atom is 0.264 e. The van der Waals surface area contributed by atoms with E-state index in [0.29, 0.717) is 40.4 Å². The fourth-order valence-corrected chi connectivity index (χ4v) is 4.99. The summed E-state index contributed by atoms with van der Waals surface area (Å²) in [5.41, 5.74) is 1.97. The minimum atomic E-state index is -0.671. The van der Waals surface area contributed by atoms with Gasteiger partial charge in [-0.2, -0.15) is 0 Å². The molecule has 1 fully saturated rings. The molecule has 3 amide bonds. The van der Waals surface area contributed by atoms with Crippen LogP contribution in [0.25, 0.3) is 0 Å². The Balaban J connectivity index is 1.46. The lowest BCUT2D eigenvalue weighted by Crippen LogP contribution is -2.49. The number of fused-ring (bicyclic) bond motifs is 5. The van der Waals surface area contributed by atoms with Crippen molar-refractivity contribution in [3.05, 3.63) is 53.1 Å². The average Bonchev–Trinajstić information content (AvgIpc) is 3.48. The van der Waals surface area contributed by atoms with Crippen molar-refractivity contribution in [3.8, 4) is 11.5 Å². The average molecular weight is 466 g/mol. The summed E-state index contributed by atoms with van der Waals surface area (Å²) in [4.78, 5) is 42.9. The highest BCUT2D eigenvalue weighted by Gasteiger charge is 2.49. The second-order valence-electron chi connectivity index (χ2n) is 8.52. The fraction of sp³-hybridized carbons (Fsp3) is 0.400. The highest BCUT2D eigenvalue weighted by atomic mass is 16.5. The van der Waals surface area contributed by atoms with Gasteiger partial charge in [0.25, 0.3) is 11.8 Å². The molecule has 0 aliphatic carbocycles. The smallest absolute Gasteiger partial charge is 0.264 e. The van der Waals surface area contributed by atoms with Crippen LogP contribution in [0, 0.1) is 0 Å². The molecule has 1 saturated heterocycles. The number of carbonyl (C=O) groups is 3. The lowest BCUT2D eigenvalue weighted by Gasteiger charge is -2.40. The van der Waals surface area contributed by atoms with Crippen LogP contribution in [0.15, 0.2) is 36.4 Å². The molecule has 2 atom stereocenters. The van der Waals surface area contributed by atoms with Crippen molar-refractivity contribution in [2.24, 2.45) is 0 Å². The molecule has 3 aliphatic heterocycles. The van der Waals surface area contributed by atoms with Gasteiger partial charge in [0.1, 0.15) is 6.17 Å². The van der Waals surface area contributed by atoms with Crippen LogP contribution >= 0.6 is 0 Å². The molecular weight excluding hydrogens is 438 g/mol. The van der Waals surface area contributed by atoms with E-state index in [2.05, 4.69) is 5.32 Å². The van der Waals surface area contributed by atoms with Crippen molar-refractivity contribution in [2.45, 2.75) is 31.5 Å². The van der Waals surface area contributed by atoms with E-state index in [1.165, 1.54) is 14.2 Å². The maximum absolute atomic E-state index is 13.6. The number of para-hydroxylation sites is 1. The Kier molecular flexibility index (Phi) is 5.87. The number of hydrogen-bond donors (Lipinski definition) is 1. The number of nitrogens with one attached hydrogen (secondary N) is 1. The predicted molar refractivity (Wildman–Crippen MR) is 123 cm³/mol. The van der Waals surface area contributed by atoms with Crippen molar-refractivity contribution in [1.29, 1.82) is 0 Å². The van der Waals surface area contributed by atoms with E-state index in [1.54, 1.807) is 46.2 Å². The molecule has 2 aromatic carbocycles. The molecule has 9 nitrogen and oxygen atoms in total. The van der Waals surface area contributed by atoms with E-state index < -0.39 is 6.17 Å². The molecule has 0 aromatic heterocycles. The number of amides is 3. The maximum atomic E-state index is 13.6. The standard InChI is InChI=1S/C25H27N3O6/c1-32-19-10-9-17-21(22(19)33-2)25(31)28-18-8-4-3-7-16(18)24(30)27(23(17)28)12-11-20(29)26-14-15-6-5-13-34-15/h3-4,7-10,15,23H,5-6,11-14H2,1-2H3,(H,26,29). The van der Waals surface area contributed by atoms with Gasteiger partial charge < -0.3 is 24.4 Å². The normalized spacial score (nSPS) is 20.6. The van der Waals surface area contributed by atoms with E-state index >= 15 is 0 Å². The monoisotopic (exact) mass is 465 g/mol. The van der Waals surface area contributed by atoms with Crippen LogP contribution < -0.4 is 19.7 Å². The zero-order valence-corrected chi connectivity index (χ0v) is 19.2. The quantitative estimate of drug-likeness (QED) is 0.675. The number of anilines is 1. The van der Waals surface area contributed by atoms with Crippen LogP contribution in [0.2, 0.25) is 0 Å². The zero-order chi connectivity index (χ0) is 23.8. The van der Waals surface area contributed by atoms with Crippen molar-refractivity contribution in [2.75, 3.05) is 38.8 Å². The first-order valence-electron chi connectivity index (χ1n) is 11.4. The second kappa shape index (κ2) is 8.98. The predicted octanol–water partition coefficient (Wildman–Crippen LogP) is 2.50. The minimum Gasteiger partial charge on any atom is -0.493 e. The van der Waals surface area contributed by atoms with Gasteiger partial charge in [-0.15, -0.1) is 0 Å². The van der Waals surface area contributed by atoms with Crippen molar-refractivity contribution in [1.82, 2.24) is 10.2 Å². The molecule has 1 N–H and O–H groups in total. The summed E-state index contributed by atoms with van der Waals surface area (Å²) in [5.74, 6) is 0.112. The molecule has 0 radical (unpaired) electrons. The summed E-state index contributed by atoms with van der Waals surface area (Å²) in [7, 11) is 3.00. The van der Waals surface area contributed by atoms with Gasteiger partial charge in [-0.05, 0) is 31.0 Å². The summed E-state index contributed by atoms with van der Waals surface area (Å²) in [6.07, 6.45) is 1.42. The van der Waals surface area contributed by atoms with Gasteiger partial charge in [0, 0.05) is 31.7 Å². The Bertz CT molecular complexity index is 1140. The molecule has 9 heteroatoms. The Morgan fingerprint density at radius 3 is 2.68 bits per heavy atom. The minimum absolute atomic E-state index is 0.0460. The Morgan fingerprint density at radius 1 is 1.12 bits per heavy atom. The SMILES string of the molecule is COc1ccc2c(c1OC)C(=O)N1c3ccccc3C(=O)N(CCC(=O)NCC3CCCO3)C21. The van der Waals surface area contributed by atoms with Gasteiger partial charge in [-0.3, -0.25) is 19.3 Å². The third-order valence-electron chi connectivity index (χ3n) is 6.61. The molecule has 0 bridgehead atoms. The first-order chi connectivity index (χ1) is 16.5. The highest BCUT2D eigenvalue weighted by Crippen LogP contribution is 2.49. The molecule has 0 saturated carbocycles. The molecule has 5 rings (SSSR count). The molecule has 2 aromatic rings. The van der Waals surface area contributed by atoms with Gasteiger partial charge >= 0.3 is 0 Å². The van der Waals surface area contributed by atoms with Crippen LogP contribution in [0.1, 0.15) is 51.7 Å². The topological polar surface area (TPSA) is 97.4 Å². The summed E-state index contributed by atoms with van der Waals surface area (Å²) >= 11 is 0. The third kappa shape index (κ3) is 3.56. The van der Waals surface area contributed by atoms with Crippen LogP contribution in [0.5, 0.6) is 11.5 Å². The number of carbonyl (C=O) groups excluding carboxylic acids is 3. The number of rotatable bonds is 7. The third-order valence-corrected chi connectivity index (χ3v) is 6.61. The Labute approximate surface area is 197 Å². The number of ether oxygens (including phenoxy) is 3. The summed E-state index contributed by atoms with van der Waals surface area (Å²) in [5, 5.41) is 2.90. The fourth-order valence-electron chi connectivity index (χ4n) is 4.99. The molecule has 3 heterocycles. The molecule has 34 heavy (non-hydrogen) atoms. The first-order valence-corrected chi connectivity index (χ1v) is 11.4.